The summed E-state index contributed by atoms with van der Waals surface area (Å²) in [6.45, 7) is 5.53. The second-order valence-corrected chi connectivity index (χ2v) is 7.08. The summed E-state index contributed by atoms with van der Waals surface area (Å²) < 4.78 is 18.8. The molecule has 0 amide bonds. The third-order valence-corrected chi connectivity index (χ3v) is 5.02. The van der Waals surface area contributed by atoms with E-state index >= 15 is 0 Å². The summed E-state index contributed by atoms with van der Waals surface area (Å²) in [7, 11) is 0. The van der Waals surface area contributed by atoms with Gasteiger partial charge in [0.05, 0.1) is 0 Å². The first-order valence-electron chi connectivity index (χ1n) is 8.23. The van der Waals surface area contributed by atoms with Crippen molar-refractivity contribution in [3.8, 4) is 5.75 Å². The molecule has 1 N–H and O–H groups in total. The molecule has 3 rings (SSSR count). The molecular formula is C18H23FN2O2S. The lowest BCUT2D eigenvalue weighted by atomic mass is 10.2. The van der Waals surface area contributed by atoms with Gasteiger partial charge in [0.15, 0.2) is 11.6 Å². The van der Waals surface area contributed by atoms with E-state index in [1.54, 1.807) is 29.5 Å². The van der Waals surface area contributed by atoms with E-state index in [4.69, 9.17) is 4.74 Å². The summed E-state index contributed by atoms with van der Waals surface area (Å²) in [4.78, 5) is 6.06. The van der Waals surface area contributed by atoms with E-state index in [1.165, 1.54) is 10.9 Å². The van der Waals surface area contributed by atoms with Crippen molar-refractivity contribution in [3.63, 3.8) is 0 Å². The van der Waals surface area contributed by atoms with Gasteiger partial charge in [0, 0.05) is 44.1 Å². The quantitative estimate of drug-likeness (QED) is 0.832. The van der Waals surface area contributed by atoms with Gasteiger partial charge in [-0.05, 0) is 23.6 Å². The first kappa shape index (κ1) is 17.4. The average molecular weight is 350 g/mol. The van der Waals surface area contributed by atoms with Crippen LogP contribution in [-0.4, -0.2) is 60.3 Å². The number of piperazine rings is 1. The molecule has 0 bridgehead atoms. The fourth-order valence-electron chi connectivity index (χ4n) is 2.85. The molecule has 2 aromatic rings. The highest BCUT2D eigenvalue weighted by atomic mass is 32.1. The number of nitrogens with zero attached hydrogens (tertiary/aromatic N) is 2. The third-order valence-electron chi connectivity index (χ3n) is 4.16. The highest BCUT2D eigenvalue weighted by Crippen LogP contribution is 2.16. The average Bonchev–Trinajstić information content (AvgIpc) is 3.09. The van der Waals surface area contributed by atoms with Gasteiger partial charge in [0.2, 0.25) is 0 Å². The number of benzene rings is 1. The Bertz CT molecular complexity index is 615. The molecule has 0 radical (unpaired) electrons. The van der Waals surface area contributed by atoms with Gasteiger partial charge in [-0.25, -0.2) is 4.39 Å². The zero-order valence-electron chi connectivity index (χ0n) is 13.6. The van der Waals surface area contributed by atoms with Crippen molar-refractivity contribution in [2.75, 3.05) is 39.3 Å². The number of hydrogen-bond donors (Lipinski definition) is 1. The Morgan fingerprint density at radius 3 is 2.54 bits per heavy atom. The smallest absolute Gasteiger partial charge is 0.165 e. The maximum atomic E-state index is 13.5. The predicted molar refractivity (Wildman–Crippen MR) is 93.9 cm³/mol. The summed E-state index contributed by atoms with van der Waals surface area (Å²) >= 11 is 1.79. The Labute approximate surface area is 146 Å². The van der Waals surface area contributed by atoms with Crippen LogP contribution in [-0.2, 0) is 6.54 Å². The molecule has 1 unspecified atom stereocenters. The maximum absolute atomic E-state index is 13.5. The van der Waals surface area contributed by atoms with Gasteiger partial charge in [-0.3, -0.25) is 9.80 Å². The number of aliphatic hydroxyl groups is 1. The van der Waals surface area contributed by atoms with Gasteiger partial charge in [0.1, 0.15) is 12.7 Å². The SMILES string of the molecule is OC(COc1ccccc1F)CN1CCN(Cc2cccs2)CC1. The topological polar surface area (TPSA) is 35.9 Å². The van der Waals surface area contributed by atoms with Crippen LogP contribution in [0.4, 0.5) is 4.39 Å². The third kappa shape index (κ3) is 5.01. The van der Waals surface area contributed by atoms with Gasteiger partial charge < -0.3 is 9.84 Å². The van der Waals surface area contributed by atoms with Gasteiger partial charge >= 0.3 is 0 Å². The number of hydrogen-bond acceptors (Lipinski definition) is 5. The largest absolute Gasteiger partial charge is 0.488 e. The molecule has 24 heavy (non-hydrogen) atoms. The molecule has 1 aliphatic heterocycles. The van der Waals surface area contributed by atoms with E-state index in [1.807, 2.05) is 0 Å². The van der Waals surface area contributed by atoms with E-state index in [2.05, 4.69) is 27.3 Å². The second-order valence-electron chi connectivity index (χ2n) is 6.05. The Morgan fingerprint density at radius 1 is 1.08 bits per heavy atom. The zero-order valence-corrected chi connectivity index (χ0v) is 14.4. The van der Waals surface area contributed by atoms with Crippen LogP contribution in [0.15, 0.2) is 41.8 Å². The summed E-state index contributed by atoms with van der Waals surface area (Å²) in [6, 6.07) is 10.5. The number of β-amino-alcohol motifs (C(OH)–C–C–N with tert-alkyl or cyclic N) is 1. The molecule has 130 valence electrons. The van der Waals surface area contributed by atoms with Crippen molar-refractivity contribution in [2.45, 2.75) is 12.6 Å². The van der Waals surface area contributed by atoms with E-state index in [0.29, 0.717) is 6.54 Å². The van der Waals surface area contributed by atoms with Crippen molar-refractivity contribution >= 4 is 11.3 Å². The van der Waals surface area contributed by atoms with Crippen LogP contribution in [0.25, 0.3) is 0 Å². The summed E-state index contributed by atoms with van der Waals surface area (Å²) in [5.41, 5.74) is 0. The Hall–Kier alpha value is -1.47. The predicted octanol–water partition coefficient (Wildman–Crippen LogP) is 2.44. The van der Waals surface area contributed by atoms with Gasteiger partial charge in [-0.2, -0.15) is 0 Å². The Balaban J connectivity index is 1.37. The Morgan fingerprint density at radius 2 is 1.83 bits per heavy atom. The molecule has 1 fully saturated rings. The molecule has 0 spiro atoms. The molecule has 1 aromatic carbocycles. The number of ether oxygens (including phenoxy) is 1. The summed E-state index contributed by atoms with van der Waals surface area (Å²) in [5, 5.41) is 12.2. The first-order chi connectivity index (χ1) is 11.7. The molecular weight excluding hydrogens is 327 g/mol. The normalized spacial score (nSPS) is 17.8. The molecule has 4 nitrogen and oxygen atoms in total. The molecule has 6 heteroatoms. The van der Waals surface area contributed by atoms with Crippen LogP contribution in [0.5, 0.6) is 5.75 Å². The van der Waals surface area contributed by atoms with Crippen LogP contribution in [0.2, 0.25) is 0 Å². The number of thiophene rings is 1. The number of aliphatic hydroxyl groups excluding tert-OH is 1. The van der Waals surface area contributed by atoms with Crippen molar-refractivity contribution in [1.82, 2.24) is 9.80 Å². The fraction of sp³-hybridized carbons (Fsp3) is 0.444. The van der Waals surface area contributed by atoms with E-state index in [9.17, 15) is 9.50 Å². The zero-order chi connectivity index (χ0) is 16.8. The molecule has 1 atom stereocenters. The van der Waals surface area contributed by atoms with Crippen molar-refractivity contribution in [3.05, 3.63) is 52.5 Å². The van der Waals surface area contributed by atoms with E-state index in [0.717, 1.165) is 32.7 Å². The van der Waals surface area contributed by atoms with Crippen molar-refractivity contribution in [1.29, 1.82) is 0 Å². The van der Waals surface area contributed by atoms with E-state index < -0.39 is 11.9 Å². The summed E-state index contributed by atoms with van der Waals surface area (Å²) in [5.74, 6) is -0.204. The van der Waals surface area contributed by atoms with Crippen molar-refractivity contribution < 1.29 is 14.2 Å². The van der Waals surface area contributed by atoms with Crippen LogP contribution < -0.4 is 4.74 Å². The molecule has 0 aliphatic carbocycles. The minimum atomic E-state index is -0.617. The van der Waals surface area contributed by atoms with Crippen molar-refractivity contribution in [2.24, 2.45) is 0 Å². The Kier molecular flexibility index (Phi) is 6.20. The van der Waals surface area contributed by atoms with Gasteiger partial charge in [-0.1, -0.05) is 18.2 Å². The second kappa shape index (κ2) is 8.58. The van der Waals surface area contributed by atoms with Gasteiger partial charge in [0.25, 0.3) is 0 Å². The fourth-order valence-corrected chi connectivity index (χ4v) is 3.60. The minimum absolute atomic E-state index is 0.107. The molecule has 1 aromatic heterocycles. The lowest BCUT2D eigenvalue weighted by molar-refractivity contribution is 0.0439. The number of halogens is 1. The standard InChI is InChI=1S/C18H23FN2O2S/c19-17-5-1-2-6-18(17)23-14-15(22)12-20-7-9-21(10-8-20)13-16-4-3-11-24-16/h1-6,11,15,22H,7-10,12-14H2. The van der Waals surface area contributed by atoms with Crippen LogP contribution in [0.3, 0.4) is 0 Å². The highest BCUT2D eigenvalue weighted by molar-refractivity contribution is 7.09. The van der Waals surface area contributed by atoms with E-state index in [-0.39, 0.29) is 12.4 Å². The van der Waals surface area contributed by atoms with Crippen LogP contribution >= 0.6 is 11.3 Å². The molecule has 1 aliphatic rings. The minimum Gasteiger partial charge on any atom is -0.488 e. The van der Waals surface area contributed by atoms with Gasteiger partial charge in [-0.15, -0.1) is 11.3 Å². The number of rotatable bonds is 7. The lowest BCUT2D eigenvalue weighted by Crippen LogP contribution is -2.48. The molecule has 2 heterocycles. The first-order valence-corrected chi connectivity index (χ1v) is 9.11. The van der Waals surface area contributed by atoms with Crippen LogP contribution in [0.1, 0.15) is 4.88 Å². The lowest BCUT2D eigenvalue weighted by Gasteiger charge is -2.35. The highest BCUT2D eigenvalue weighted by Gasteiger charge is 2.20. The van der Waals surface area contributed by atoms with Crippen LogP contribution in [0, 0.1) is 5.82 Å². The molecule has 1 saturated heterocycles. The number of para-hydroxylation sites is 1. The maximum Gasteiger partial charge on any atom is 0.165 e. The monoisotopic (exact) mass is 350 g/mol. The summed E-state index contributed by atoms with van der Waals surface area (Å²) in [6.07, 6.45) is -0.617. The molecule has 0 saturated carbocycles.